The molecule has 0 aliphatic heterocycles. The summed E-state index contributed by atoms with van der Waals surface area (Å²) in [7, 11) is 0. The smallest absolute Gasteiger partial charge is 0.349 e. The van der Waals surface area contributed by atoms with Gasteiger partial charge in [0.05, 0.1) is 0 Å². The molecule has 0 aliphatic carbocycles. The van der Waals surface area contributed by atoms with Crippen LogP contribution in [0.5, 0.6) is 23.0 Å². The molecule has 0 unspecified atom stereocenters. The summed E-state index contributed by atoms with van der Waals surface area (Å²) in [6, 6.07) is 28.5. The van der Waals surface area contributed by atoms with E-state index in [1.54, 1.807) is 60.7 Å². The van der Waals surface area contributed by atoms with Gasteiger partial charge in [-0.15, -0.1) is 0 Å². The Balaban J connectivity index is 1.28. The predicted molar refractivity (Wildman–Crippen MR) is 130 cm³/mol. The van der Waals surface area contributed by atoms with Crippen LogP contribution >= 0.6 is 0 Å². The standard InChI is InChI=1S/C29H24O5/c1-20-16-21(2)18-27(17-20)33-25-14-12-24(13-15-25)32-19-28(30)34-26-10-8-23(9-11-26)29(31)22-6-4-3-5-7-22/h3-18H,19H2,1-2H3. The average molecular weight is 453 g/mol. The number of rotatable bonds is 8. The summed E-state index contributed by atoms with van der Waals surface area (Å²) in [5.74, 6) is 1.67. The molecule has 5 heteroatoms. The molecule has 0 saturated carbocycles. The van der Waals surface area contributed by atoms with Gasteiger partial charge in [-0.2, -0.15) is 0 Å². The topological polar surface area (TPSA) is 61.8 Å². The molecule has 0 fully saturated rings. The zero-order valence-corrected chi connectivity index (χ0v) is 19.0. The Morgan fingerprint density at radius 3 is 1.82 bits per heavy atom. The number of benzene rings is 4. The van der Waals surface area contributed by atoms with E-state index in [4.69, 9.17) is 14.2 Å². The number of ketones is 1. The first-order chi connectivity index (χ1) is 16.5. The van der Waals surface area contributed by atoms with Gasteiger partial charge in [-0.05, 0) is 85.6 Å². The molecule has 0 bridgehead atoms. The SMILES string of the molecule is Cc1cc(C)cc(Oc2ccc(OCC(=O)Oc3ccc(C(=O)c4ccccc4)cc3)cc2)c1. The van der Waals surface area contributed by atoms with E-state index < -0.39 is 5.97 Å². The van der Waals surface area contributed by atoms with E-state index in [-0.39, 0.29) is 12.4 Å². The molecule has 0 aliphatic rings. The lowest BCUT2D eigenvalue weighted by molar-refractivity contribution is -0.136. The number of aryl methyl sites for hydroxylation is 2. The van der Waals surface area contributed by atoms with Crippen molar-refractivity contribution < 1.29 is 23.8 Å². The lowest BCUT2D eigenvalue weighted by atomic mass is 10.0. The Labute approximate surface area is 198 Å². The van der Waals surface area contributed by atoms with Crippen LogP contribution in [0.1, 0.15) is 27.0 Å². The van der Waals surface area contributed by atoms with Crippen LogP contribution in [0.15, 0.2) is 97.1 Å². The second kappa shape index (κ2) is 10.5. The van der Waals surface area contributed by atoms with Crippen molar-refractivity contribution in [3.63, 3.8) is 0 Å². The molecular formula is C29H24O5. The van der Waals surface area contributed by atoms with Gasteiger partial charge >= 0.3 is 5.97 Å². The van der Waals surface area contributed by atoms with Crippen molar-refractivity contribution in [2.75, 3.05) is 6.61 Å². The minimum absolute atomic E-state index is 0.0910. The summed E-state index contributed by atoms with van der Waals surface area (Å²) < 4.78 is 16.7. The molecule has 0 atom stereocenters. The van der Waals surface area contributed by atoms with Gasteiger partial charge in [0.25, 0.3) is 0 Å². The van der Waals surface area contributed by atoms with Crippen LogP contribution in [-0.2, 0) is 4.79 Å². The molecule has 4 aromatic rings. The number of hydrogen-bond acceptors (Lipinski definition) is 5. The number of ether oxygens (including phenoxy) is 3. The van der Waals surface area contributed by atoms with Crippen molar-refractivity contribution in [1.82, 2.24) is 0 Å². The van der Waals surface area contributed by atoms with Gasteiger partial charge in [0, 0.05) is 11.1 Å². The molecule has 34 heavy (non-hydrogen) atoms. The fraction of sp³-hybridized carbons (Fsp3) is 0.103. The minimum Gasteiger partial charge on any atom is -0.482 e. The number of carbonyl (C=O) groups excluding carboxylic acids is 2. The van der Waals surface area contributed by atoms with Crippen molar-refractivity contribution in [3.8, 4) is 23.0 Å². The largest absolute Gasteiger partial charge is 0.482 e. The fourth-order valence-corrected chi connectivity index (χ4v) is 3.47. The second-order valence-corrected chi connectivity index (χ2v) is 7.88. The van der Waals surface area contributed by atoms with Gasteiger partial charge in [0.1, 0.15) is 23.0 Å². The third-order valence-corrected chi connectivity index (χ3v) is 5.00. The first-order valence-electron chi connectivity index (χ1n) is 10.9. The molecule has 0 spiro atoms. The zero-order valence-electron chi connectivity index (χ0n) is 19.0. The third-order valence-electron chi connectivity index (χ3n) is 5.00. The first-order valence-corrected chi connectivity index (χ1v) is 10.9. The summed E-state index contributed by atoms with van der Waals surface area (Å²) in [4.78, 5) is 24.6. The molecule has 0 amide bonds. The quantitative estimate of drug-likeness (QED) is 0.178. The molecule has 5 nitrogen and oxygen atoms in total. The Morgan fingerprint density at radius 1 is 0.618 bits per heavy atom. The van der Waals surface area contributed by atoms with Gasteiger partial charge in [0.15, 0.2) is 12.4 Å². The molecule has 170 valence electrons. The van der Waals surface area contributed by atoms with E-state index in [2.05, 4.69) is 6.07 Å². The summed E-state index contributed by atoms with van der Waals surface area (Å²) in [5.41, 5.74) is 3.38. The van der Waals surface area contributed by atoms with E-state index in [1.807, 2.05) is 44.2 Å². The Bertz CT molecular complexity index is 1260. The van der Waals surface area contributed by atoms with E-state index in [9.17, 15) is 9.59 Å². The van der Waals surface area contributed by atoms with E-state index in [1.165, 1.54) is 0 Å². The van der Waals surface area contributed by atoms with Crippen molar-refractivity contribution >= 4 is 11.8 Å². The highest BCUT2D eigenvalue weighted by Gasteiger charge is 2.11. The van der Waals surface area contributed by atoms with Gasteiger partial charge in [0.2, 0.25) is 0 Å². The highest BCUT2D eigenvalue weighted by atomic mass is 16.6. The first kappa shape index (κ1) is 22.8. The molecule has 0 aromatic heterocycles. The van der Waals surface area contributed by atoms with E-state index in [0.717, 1.165) is 16.9 Å². The van der Waals surface area contributed by atoms with Crippen LogP contribution in [0.3, 0.4) is 0 Å². The fourth-order valence-electron chi connectivity index (χ4n) is 3.47. The van der Waals surface area contributed by atoms with Crippen molar-refractivity contribution in [2.45, 2.75) is 13.8 Å². The van der Waals surface area contributed by atoms with Gasteiger partial charge in [-0.3, -0.25) is 4.79 Å². The van der Waals surface area contributed by atoms with Crippen LogP contribution in [0.2, 0.25) is 0 Å². The van der Waals surface area contributed by atoms with Gasteiger partial charge in [-0.25, -0.2) is 4.79 Å². The van der Waals surface area contributed by atoms with E-state index >= 15 is 0 Å². The van der Waals surface area contributed by atoms with Gasteiger partial charge in [-0.1, -0.05) is 36.4 Å². The summed E-state index contributed by atoms with van der Waals surface area (Å²) in [5, 5.41) is 0. The normalized spacial score (nSPS) is 10.4. The molecule has 0 heterocycles. The Hall–Kier alpha value is -4.38. The summed E-state index contributed by atoms with van der Waals surface area (Å²) in [6.45, 7) is 3.80. The predicted octanol–water partition coefficient (Wildman–Crippen LogP) is 6.31. The highest BCUT2D eigenvalue weighted by molar-refractivity contribution is 6.09. The maximum atomic E-state index is 12.5. The van der Waals surface area contributed by atoms with Crippen molar-refractivity contribution in [3.05, 3.63) is 119 Å². The van der Waals surface area contributed by atoms with Crippen molar-refractivity contribution in [1.29, 1.82) is 0 Å². The van der Waals surface area contributed by atoms with Crippen LogP contribution < -0.4 is 14.2 Å². The third kappa shape index (κ3) is 6.11. The highest BCUT2D eigenvalue weighted by Crippen LogP contribution is 2.25. The molecule has 0 N–H and O–H groups in total. The zero-order chi connectivity index (χ0) is 23.9. The number of carbonyl (C=O) groups is 2. The minimum atomic E-state index is -0.544. The maximum absolute atomic E-state index is 12.5. The molecule has 4 rings (SSSR count). The molecule has 4 aromatic carbocycles. The van der Waals surface area contributed by atoms with Crippen LogP contribution in [-0.4, -0.2) is 18.4 Å². The molecular weight excluding hydrogens is 428 g/mol. The Kier molecular flexibility index (Phi) is 7.04. The average Bonchev–Trinajstić information content (AvgIpc) is 2.83. The van der Waals surface area contributed by atoms with E-state index in [0.29, 0.717) is 28.4 Å². The number of hydrogen-bond donors (Lipinski definition) is 0. The van der Waals surface area contributed by atoms with Gasteiger partial charge < -0.3 is 14.2 Å². The maximum Gasteiger partial charge on any atom is 0.349 e. The summed E-state index contributed by atoms with van der Waals surface area (Å²) in [6.07, 6.45) is 0. The number of esters is 1. The lowest BCUT2D eigenvalue weighted by Gasteiger charge is -2.10. The van der Waals surface area contributed by atoms with Crippen LogP contribution in [0.4, 0.5) is 0 Å². The molecule has 0 radical (unpaired) electrons. The summed E-state index contributed by atoms with van der Waals surface area (Å²) >= 11 is 0. The van der Waals surface area contributed by atoms with Crippen molar-refractivity contribution in [2.24, 2.45) is 0 Å². The van der Waals surface area contributed by atoms with Crippen LogP contribution in [0, 0.1) is 13.8 Å². The second-order valence-electron chi connectivity index (χ2n) is 7.88. The monoisotopic (exact) mass is 452 g/mol. The molecule has 0 saturated heterocycles. The lowest BCUT2D eigenvalue weighted by Crippen LogP contribution is -2.17. The van der Waals surface area contributed by atoms with Crippen LogP contribution in [0.25, 0.3) is 0 Å². The Morgan fingerprint density at radius 2 is 1.18 bits per heavy atom.